The molecule has 0 atom stereocenters. The SMILES string of the molecule is CSc1nc2nc3c(c([O-])n2n1)CCCC3. The zero-order chi connectivity index (χ0) is 11.1. The van der Waals surface area contributed by atoms with Gasteiger partial charge in [-0.25, -0.2) is 9.50 Å². The van der Waals surface area contributed by atoms with Crippen molar-refractivity contribution in [3.63, 3.8) is 0 Å². The van der Waals surface area contributed by atoms with Gasteiger partial charge >= 0.3 is 0 Å². The average molecular weight is 235 g/mol. The van der Waals surface area contributed by atoms with Crippen molar-refractivity contribution in [2.45, 2.75) is 30.8 Å². The summed E-state index contributed by atoms with van der Waals surface area (Å²) < 4.78 is 1.33. The minimum absolute atomic E-state index is 0.0347. The predicted molar refractivity (Wildman–Crippen MR) is 58.7 cm³/mol. The number of thioether (sulfide) groups is 1. The fourth-order valence-corrected chi connectivity index (χ4v) is 2.41. The highest BCUT2D eigenvalue weighted by atomic mass is 32.2. The van der Waals surface area contributed by atoms with Gasteiger partial charge in [0.05, 0.1) is 0 Å². The Kier molecular flexibility index (Phi) is 2.24. The van der Waals surface area contributed by atoms with Gasteiger partial charge in [-0.15, -0.1) is 5.10 Å². The molecule has 3 rings (SSSR count). The number of hydrogen-bond acceptors (Lipinski definition) is 5. The topological polar surface area (TPSA) is 66.1 Å². The molecule has 84 valence electrons. The number of nitrogens with zero attached hydrogens (tertiary/aromatic N) is 4. The highest BCUT2D eigenvalue weighted by molar-refractivity contribution is 7.98. The van der Waals surface area contributed by atoms with E-state index in [1.807, 2.05) is 6.26 Å². The third-order valence-electron chi connectivity index (χ3n) is 2.88. The smallest absolute Gasteiger partial charge is 0.252 e. The minimum Gasteiger partial charge on any atom is -0.858 e. The summed E-state index contributed by atoms with van der Waals surface area (Å²) in [5.74, 6) is 0.405. The van der Waals surface area contributed by atoms with Crippen LogP contribution in [0, 0.1) is 0 Å². The Morgan fingerprint density at radius 1 is 1.25 bits per heavy atom. The van der Waals surface area contributed by atoms with E-state index in [0.717, 1.165) is 36.9 Å². The number of aryl methyl sites for hydroxylation is 1. The fraction of sp³-hybridized carbons (Fsp3) is 0.500. The number of fused-ring (bicyclic) bond motifs is 2. The van der Waals surface area contributed by atoms with Crippen LogP contribution in [0.2, 0.25) is 0 Å². The monoisotopic (exact) mass is 235 g/mol. The summed E-state index contributed by atoms with van der Waals surface area (Å²) in [6.07, 6.45) is 5.78. The van der Waals surface area contributed by atoms with E-state index >= 15 is 0 Å². The molecule has 0 spiro atoms. The van der Waals surface area contributed by atoms with Crippen LogP contribution in [0.5, 0.6) is 5.88 Å². The first-order chi connectivity index (χ1) is 7.79. The third kappa shape index (κ3) is 1.36. The highest BCUT2D eigenvalue weighted by Gasteiger charge is 2.15. The molecule has 2 heterocycles. The Morgan fingerprint density at radius 3 is 2.88 bits per heavy atom. The van der Waals surface area contributed by atoms with Gasteiger partial charge in [0.25, 0.3) is 5.78 Å². The first-order valence-corrected chi connectivity index (χ1v) is 6.51. The molecule has 0 unspecified atom stereocenters. The molecular formula is C10H11N4OS-. The van der Waals surface area contributed by atoms with Crippen molar-refractivity contribution in [3.8, 4) is 5.88 Å². The molecule has 2 aromatic rings. The van der Waals surface area contributed by atoms with Crippen molar-refractivity contribution < 1.29 is 5.11 Å². The second-order valence-electron chi connectivity index (χ2n) is 3.86. The summed E-state index contributed by atoms with van der Waals surface area (Å²) in [6.45, 7) is 0. The van der Waals surface area contributed by atoms with Crippen molar-refractivity contribution >= 4 is 17.5 Å². The zero-order valence-corrected chi connectivity index (χ0v) is 9.75. The van der Waals surface area contributed by atoms with Gasteiger partial charge < -0.3 is 5.11 Å². The zero-order valence-electron chi connectivity index (χ0n) is 8.93. The first kappa shape index (κ1) is 9.89. The van der Waals surface area contributed by atoms with Gasteiger partial charge in [0.2, 0.25) is 5.16 Å². The lowest BCUT2D eigenvalue weighted by Crippen LogP contribution is -2.14. The molecule has 0 saturated heterocycles. The summed E-state index contributed by atoms with van der Waals surface area (Å²) in [6, 6.07) is 0. The van der Waals surface area contributed by atoms with Crippen LogP contribution in [-0.4, -0.2) is 25.8 Å². The standard InChI is InChI=1S/C10H12N4OS/c1-16-10-12-9-11-7-5-3-2-4-6(7)8(15)14(9)13-10/h15H,2-5H2,1H3/p-1. The minimum atomic E-state index is -0.0347. The highest BCUT2D eigenvalue weighted by Crippen LogP contribution is 2.26. The second-order valence-corrected chi connectivity index (χ2v) is 4.63. The summed E-state index contributed by atoms with van der Waals surface area (Å²) >= 11 is 1.42. The molecule has 2 aromatic heterocycles. The van der Waals surface area contributed by atoms with Gasteiger partial charge in [-0.2, -0.15) is 4.98 Å². The van der Waals surface area contributed by atoms with Crippen molar-refractivity contribution in [1.29, 1.82) is 0 Å². The van der Waals surface area contributed by atoms with E-state index < -0.39 is 0 Å². The van der Waals surface area contributed by atoms with Gasteiger partial charge in [0.1, 0.15) is 0 Å². The molecule has 0 bridgehead atoms. The first-order valence-electron chi connectivity index (χ1n) is 5.29. The summed E-state index contributed by atoms with van der Waals surface area (Å²) in [7, 11) is 0. The molecule has 0 fully saturated rings. The second kappa shape index (κ2) is 3.62. The van der Waals surface area contributed by atoms with E-state index in [4.69, 9.17) is 0 Å². The Morgan fingerprint density at radius 2 is 2.06 bits per heavy atom. The maximum atomic E-state index is 12.1. The van der Waals surface area contributed by atoms with Crippen LogP contribution < -0.4 is 5.11 Å². The number of rotatable bonds is 1. The summed E-state index contributed by atoms with van der Waals surface area (Å²) in [4.78, 5) is 8.63. The van der Waals surface area contributed by atoms with Crippen LogP contribution in [-0.2, 0) is 12.8 Å². The molecule has 0 saturated carbocycles. The molecule has 0 N–H and O–H groups in total. The van der Waals surface area contributed by atoms with E-state index in [0.29, 0.717) is 10.9 Å². The van der Waals surface area contributed by atoms with E-state index in [9.17, 15) is 5.11 Å². The van der Waals surface area contributed by atoms with E-state index in [-0.39, 0.29) is 5.88 Å². The Bertz CT molecular complexity index is 551. The molecule has 0 radical (unpaired) electrons. The molecule has 5 nitrogen and oxygen atoms in total. The van der Waals surface area contributed by atoms with Crippen LogP contribution in [0.3, 0.4) is 0 Å². The van der Waals surface area contributed by atoms with Gasteiger partial charge in [-0.3, -0.25) is 0 Å². The van der Waals surface area contributed by atoms with Crippen LogP contribution in [0.15, 0.2) is 5.16 Å². The van der Waals surface area contributed by atoms with Gasteiger partial charge in [-0.1, -0.05) is 11.8 Å². The van der Waals surface area contributed by atoms with Gasteiger partial charge in [-0.05, 0) is 43.4 Å². The number of hydrogen-bond donors (Lipinski definition) is 0. The lowest BCUT2D eigenvalue weighted by atomic mass is 9.97. The number of aromatic nitrogens is 4. The molecule has 0 aromatic carbocycles. The van der Waals surface area contributed by atoms with Crippen LogP contribution in [0.1, 0.15) is 24.1 Å². The molecule has 6 heteroatoms. The van der Waals surface area contributed by atoms with E-state index in [1.165, 1.54) is 16.3 Å². The van der Waals surface area contributed by atoms with E-state index in [1.54, 1.807) is 0 Å². The van der Waals surface area contributed by atoms with Crippen molar-refractivity contribution in [2.24, 2.45) is 0 Å². The molecule has 0 amide bonds. The van der Waals surface area contributed by atoms with Crippen LogP contribution >= 0.6 is 11.8 Å². The van der Waals surface area contributed by atoms with Crippen LogP contribution in [0.25, 0.3) is 5.78 Å². The van der Waals surface area contributed by atoms with Crippen molar-refractivity contribution in [2.75, 3.05) is 6.26 Å². The average Bonchev–Trinajstić information content (AvgIpc) is 2.73. The normalized spacial score (nSPS) is 15.3. The summed E-state index contributed by atoms with van der Waals surface area (Å²) in [5.41, 5.74) is 1.75. The molecule has 16 heavy (non-hydrogen) atoms. The van der Waals surface area contributed by atoms with Gasteiger partial charge in [0.15, 0.2) is 0 Å². The lowest BCUT2D eigenvalue weighted by Gasteiger charge is -2.21. The maximum Gasteiger partial charge on any atom is 0.252 e. The quantitative estimate of drug-likeness (QED) is 0.684. The maximum absolute atomic E-state index is 12.1. The molecule has 0 aliphatic heterocycles. The largest absolute Gasteiger partial charge is 0.858 e. The molecular weight excluding hydrogens is 224 g/mol. The third-order valence-corrected chi connectivity index (χ3v) is 3.42. The summed E-state index contributed by atoms with van der Waals surface area (Å²) in [5, 5.41) is 16.8. The Balaban J connectivity index is 2.28. The van der Waals surface area contributed by atoms with Crippen molar-refractivity contribution in [1.82, 2.24) is 19.6 Å². The predicted octanol–water partition coefficient (Wildman–Crippen LogP) is 0.799. The van der Waals surface area contributed by atoms with Crippen LogP contribution in [0.4, 0.5) is 0 Å². The van der Waals surface area contributed by atoms with Gasteiger partial charge in [0, 0.05) is 5.69 Å². The molecule has 1 aliphatic carbocycles. The Labute approximate surface area is 96.9 Å². The molecule has 1 aliphatic rings. The van der Waals surface area contributed by atoms with E-state index in [2.05, 4.69) is 15.1 Å². The fourth-order valence-electron chi connectivity index (χ4n) is 2.07. The van der Waals surface area contributed by atoms with Crippen molar-refractivity contribution in [3.05, 3.63) is 11.3 Å². The Hall–Kier alpha value is -1.30. The lowest BCUT2D eigenvalue weighted by molar-refractivity contribution is -0.279.